The number of nitrogens with one attached hydrogen (secondary N) is 1. The van der Waals surface area contributed by atoms with Gasteiger partial charge in [0.05, 0.1) is 41.7 Å². The summed E-state index contributed by atoms with van der Waals surface area (Å²) in [6, 6.07) is 17.1. The minimum Gasteiger partial charge on any atom is -0.490 e. The molecule has 0 radical (unpaired) electrons. The molecule has 3 aromatic rings. The number of methoxy groups -OCH3 is 2. The molecule has 0 spiro atoms. The summed E-state index contributed by atoms with van der Waals surface area (Å²) in [5, 5.41) is 8.15. The number of hydrogen-bond donors (Lipinski definition) is 1. The summed E-state index contributed by atoms with van der Waals surface area (Å²) in [4.78, 5) is 27.3. The van der Waals surface area contributed by atoms with Crippen LogP contribution in [-0.2, 0) is 28.5 Å². The second-order valence-electron chi connectivity index (χ2n) is 9.73. The SMILES string of the molecule is C=CCOc1ccc(-c2nn(-c3ccccc3)cc2C2C(C(=O)OCCOC)=C(C)NC(C)=C2C(=O)OCCOC)cc1. The number of para-hydroxylation sites is 1. The molecule has 2 heterocycles. The van der Waals surface area contributed by atoms with E-state index in [1.807, 2.05) is 60.8 Å². The number of allylic oxidation sites excluding steroid dienone is 2. The first-order valence-electron chi connectivity index (χ1n) is 13.9. The van der Waals surface area contributed by atoms with Crippen molar-refractivity contribution < 1.29 is 33.3 Å². The van der Waals surface area contributed by atoms with Crippen LogP contribution in [0, 0.1) is 0 Å². The number of esters is 2. The molecule has 0 atom stereocenters. The van der Waals surface area contributed by atoms with E-state index in [4.69, 9.17) is 28.8 Å². The minimum absolute atomic E-state index is 0.0530. The third-order valence-electron chi connectivity index (χ3n) is 6.81. The Morgan fingerprint density at radius 2 is 1.47 bits per heavy atom. The van der Waals surface area contributed by atoms with E-state index in [2.05, 4.69) is 11.9 Å². The van der Waals surface area contributed by atoms with E-state index in [-0.39, 0.29) is 37.6 Å². The predicted octanol–water partition coefficient (Wildman–Crippen LogP) is 4.72. The van der Waals surface area contributed by atoms with Crippen LogP contribution in [-0.4, -0.2) is 69.0 Å². The van der Waals surface area contributed by atoms with Crippen LogP contribution in [0.25, 0.3) is 16.9 Å². The van der Waals surface area contributed by atoms with E-state index in [1.165, 1.54) is 14.2 Å². The summed E-state index contributed by atoms with van der Waals surface area (Å²) < 4.78 is 28.7. The Morgan fingerprint density at radius 3 is 2.00 bits per heavy atom. The van der Waals surface area contributed by atoms with E-state index in [1.54, 1.807) is 24.6 Å². The molecule has 0 bridgehead atoms. The number of carbonyl (C=O) groups is 2. The van der Waals surface area contributed by atoms with Crippen molar-refractivity contribution in [3.63, 3.8) is 0 Å². The first-order chi connectivity index (χ1) is 20.9. The highest BCUT2D eigenvalue weighted by molar-refractivity contribution is 6.00. The number of carbonyl (C=O) groups excluding carboxylic acids is 2. The lowest BCUT2D eigenvalue weighted by Gasteiger charge is -2.30. The first-order valence-corrected chi connectivity index (χ1v) is 13.9. The van der Waals surface area contributed by atoms with Gasteiger partial charge in [0.15, 0.2) is 0 Å². The Hall–Kier alpha value is -4.67. The van der Waals surface area contributed by atoms with Crippen LogP contribution in [0.4, 0.5) is 0 Å². The molecular weight excluding hydrogens is 550 g/mol. The molecule has 0 saturated carbocycles. The van der Waals surface area contributed by atoms with Crippen LogP contribution in [0.15, 0.2) is 96.0 Å². The second-order valence-corrected chi connectivity index (χ2v) is 9.73. The maximum absolute atomic E-state index is 13.6. The van der Waals surface area contributed by atoms with Crippen molar-refractivity contribution in [2.24, 2.45) is 0 Å². The molecule has 0 unspecified atom stereocenters. The number of benzene rings is 2. The Kier molecular flexibility index (Phi) is 10.9. The van der Waals surface area contributed by atoms with Crippen LogP contribution in [0.1, 0.15) is 25.3 Å². The van der Waals surface area contributed by atoms with Crippen molar-refractivity contribution in [2.45, 2.75) is 19.8 Å². The van der Waals surface area contributed by atoms with Gasteiger partial charge in [-0.05, 0) is 50.2 Å². The molecule has 1 aliphatic heterocycles. The summed E-state index contributed by atoms with van der Waals surface area (Å²) in [7, 11) is 3.06. The van der Waals surface area contributed by atoms with Gasteiger partial charge in [-0.3, -0.25) is 0 Å². The zero-order valence-corrected chi connectivity index (χ0v) is 24.9. The van der Waals surface area contributed by atoms with Gasteiger partial charge in [-0.2, -0.15) is 5.10 Å². The molecule has 43 heavy (non-hydrogen) atoms. The van der Waals surface area contributed by atoms with E-state index < -0.39 is 17.9 Å². The number of aromatic nitrogens is 2. The lowest BCUT2D eigenvalue weighted by Crippen LogP contribution is -2.33. The summed E-state index contributed by atoms with van der Waals surface area (Å²) in [5.74, 6) is -1.33. The standard InChI is InChI=1S/C33H37N3O7/c1-6-16-41-26-14-12-24(13-15-26)31-27(21-36(35-31)25-10-8-7-9-11-25)30-28(32(37)42-19-17-39-4)22(2)34-23(3)29(30)33(38)43-20-18-40-5/h6-15,21,30,34H,1,16-20H2,2-5H3. The summed E-state index contributed by atoms with van der Waals surface area (Å²) in [6.45, 7) is 8.20. The van der Waals surface area contributed by atoms with Gasteiger partial charge in [0.1, 0.15) is 25.6 Å². The zero-order valence-electron chi connectivity index (χ0n) is 24.9. The van der Waals surface area contributed by atoms with Crippen molar-refractivity contribution in [1.82, 2.24) is 15.1 Å². The lowest BCUT2D eigenvalue weighted by atomic mass is 9.79. The second kappa shape index (κ2) is 15.0. The number of nitrogens with zero attached hydrogens (tertiary/aromatic N) is 2. The molecule has 4 rings (SSSR count). The van der Waals surface area contributed by atoms with Gasteiger partial charge in [-0.1, -0.05) is 30.9 Å². The molecule has 0 aliphatic carbocycles. The normalized spacial score (nSPS) is 13.5. The van der Waals surface area contributed by atoms with Crippen LogP contribution < -0.4 is 10.1 Å². The van der Waals surface area contributed by atoms with Gasteiger partial charge < -0.3 is 29.0 Å². The largest absolute Gasteiger partial charge is 0.490 e. The summed E-state index contributed by atoms with van der Waals surface area (Å²) >= 11 is 0. The average molecular weight is 588 g/mol. The minimum atomic E-state index is -0.851. The number of hydrogen-bond acceptors (Lipinski definition) is 9. The molecule has 226 valence electrons. The lowest BCUT2D eigenvalue weighted by molar-refractivity contribution is -0.141. The monoisotopic (exact) mass is 587 g/mol. The Balaban J connectivity index is 1.90. The highest BCUT2D eigenvalue weighted by Crippen LogP contribution is 2.43. The topological polar surface area (TPSA) is 110 Å². The quantitative estimate of drug-likeness (QED) is 0.163. The van der Waals surface area contributed by atoms with E-state index in [0.29, 0.717) is 35.0 Å². The van der Waals surface area contributed by atoms with Gasteiger partial charge >= 0.3 is 11.9 Å². The fourth-order valence-electron chi connectivity index (χ4n) is 4.84. The molecule has 0 amide bonds. The van der Waals surface area contributed by atoms with Gasteiger partial charge in [0, 0.05) is 42.9 Å². The average Bonchev–Trinajstić information content (AvgIpc) is 3.46. The highest BCUT2D eigenvalue weighted by atomic mass is 16.6. The fourth-order valence-corrected chi connectivity index (χ4v) is 4.84. The third-order valence-corrected chi connectivity index (χ3v) is 6.81. The molecule has 1 N–H and O–H groups in total. The van der Waals surface area contributed by atoms with E-state index >= 15 is 0 Å². The van der Waals surface area contributed by atoms with Crippen LogP contribution in [0.5, 0.6) is 5.75 Å². The molecule has 0 fully saturated rings. The smallest absolute Gasteiger partial charge is 0.336 e. The number of dihydropyridines is 1. The van der Waals surface area contributed by atoms with Crippen molar-refractivity contribution >= 4 is 11.9 Å². The maximum Gasteiger partial charge on any atom is 0.336 e. The zero-order chi connectivity index (χ0) is 30.8. The Labute approximate surface area is 251 Å². The van der Waals surface area contributed by atoms with Crippen LogP contribution >= 0.6 is 0 Å². The van der Waals surface area contributed by atoms with Crippen molar-refractivity contribution in [2.75, 3.05) is 47.3 Å². The number of ether oxygens (including phenoxy) is 5. The summed E-state index contributed by atoms with van der Waals surface area (Å²) in [5.41, 5.74) is 4.46. The van der Waals surface area contributed by atoms with Crippen LogP contribution in [0.2, 0.25) is 0 Å². The van der Waals surface area contributed by atoms with Crippen molar-refractivity contribution in [3.8, 4) is 22.7 Å². The molecule has 1 aliphatic rings. The molecule has 10 heteroatoms. The Bertz CT molecular complexity index is 1450. The molecule has 10 nitrogen and oxygen atoms in total. The predicted molar refractivity (Wildman–Crippen MR) is 162 cm³/mol. The molecule has 2 aromatic carbocycles. The van der Waals surface area contributed by atoms with Gasteiger partial charge in [0.2, 0.25) is 0 Å². The van der Waals surface area contributed by atoms with Crippen molar-refractivity contribution in [3.05, 3.63) is 102 Å². The summed E-state index contributed by atoms with van der Waals surface area (Å²) in [6.07, 6.45) is 3.52. The van der Waals surface area contributed by atoms with Crippen molar-refractivity contribution in [1.29, 1.82) is 0 Å². The third kappa shape index (κ3) is 7.40. The molecule has 0 saturated heterocycles. The van der Waals surface area contributed by atoms with Gasteiger partial charge in [-0.25, -0.2) is 14.3 Å². The molecule has 1 aromatic heterocycles. The molecular formula is C33H37N3O7. The maximum atomic E-state index is 13.6. The fraction of sp³-hybridized carbons (Fsp3) is 0.303. The first kappa shape index (κ1) is 31.3. The van der Waals surface area contributed by atoms with E-state index in [0.717, 1.165) is 11.3 Å². The van der Waals surface area contributed by atoms with Gasteiger partial charge in [0.25, 0.3) is 0 Å². The van der Waals surface area contributed by atoms with E-state index in [9.17, 15) is 9.59 Å². The highest BCUT2D eigenvalue weighted by Gasteiger charge is 2.40. The van der Waals surface area contributed by atoms with Gasteiger partial charge in [-0.15, -0.1) is 0 Å². The number of rotatable bonds is 14. The van der Waals surface area contributed by atoms with Crippen LogP contribution in [0.3, 0.4) is 0 Å². The Morgan fingerprint density at radius 1 is 0.884 bits per heavy atom.